The number of nitro groups is 1. The third-order valence-electron chi connectivity index (χ3n) is 4.25. The second-order valence-corrected chi connectivity index (χ2v) is 7.64. The first-order valence-corrected chi connectivity index (χ1v) is 9.22. The highest BCUT2D eigenvalue weighted by molar-refractivity contribution is 8.27. The maximum absolute atomic E-state index is 12.9. The molecule has 1 aliphatic heterocycles. The van der Waals surface area contributed by atoms with Gasteiger partial charge in [-0.1, -0.05) is 30.0 Å². The third-order valence-corrected chi connectivity index (χ3v) is 5.56. The van der Waals surface area contributed by atoms with Crippen LogP contribution in [-0.4, -0.2) is 22.3 Å². The summed E-state index contributed by atoms with van der Waals surface area (Å²) in [5.41, 5.74) is 3.26. The molecule has 1 fully saturated rings. The first kappa shape index (κ1) is 19.1. The van der Waals surface area contributed by atoms with Gasteiger partial charge in [-0.05, 0) is 49.2 Å². The molecule has 2 aromatic carbocycles. The predicted molar refractivity (Wildman–Crippen MR) is 111 cm³/mol. The van der Waals surface area contributed by atoms with Crippen LogP contribution in [0.2, 0.25) is 0 Å². The van der Waals surface area contributed by atoms with Gasteiger partial charge >= 0.3 is 0 Å². The number of amides is 1. The van der Waals surface area contributed by atoms with Gasteiger partial charge in [0.1, 0.15) is 5.75 Å². The zero-order valence-corrected chi connectivity index (χ0v) is 16.5. The molecule has 6 nitrogen and oxygen atoms in total. The first-order chi connectivity index (χ1) is 12.8. The van der Waals surface area contributed by atoms with Gasteiger partial charge in [-0.15, -0.1) is 0 Å². The topological polar surface area (TPSA) is 72.7 Å². The summed E-state index contributed by atoms with van der Waals surface area (Å²) in [5.74, 6) is 0.180. The van der Waals surface area contributed by atoms with Crippen molar-refractivity contribution in [2.24, 2.45) is 0 Å². The van der Waals surface area contributed by atoms with Crippen molar-refractivity contribution in [2.45, 2.75) is 13.8 Å². The van der Waals surface area contributed by atoms with Crippen LogP contribution in [0.15, 0.2) is 41.3 Å². The van der Waals surface area contributed by atoms with Gasteiger partial charge in [-0.2, -0.15) is 0 Å². The third kappa shape index (κ3) is 3.72. The van der Waals surface area contributed by atoms with Crippen LogP contribution in [0.25, 0.3) is 6.08 Å². The molecule has 138 valence electrons. The summed E-state index contributed by atoms with van der Waals surface area (Å²) >= 11 is 6.54. The molecular formula is C19H16N2O4S2. The van der Waals surface area contributed by atoms with E-state index in [9.17, 15) is 14.9 Å². The molecular weight excluding hydrogens is 384 g/mol. The van der Waals surface area contributed by atoms with Crippen molar-refractivity contribution in [1.29, 1.82) is 0 Å². The van der Waals surface area contributed by atoms with Gasteiger partial charge in [0.25, 0.3) is 11.6 Å². The molecule has 1 amide bonds. The molecule has 0 spiro atoms. The average molecular weight is 400 g/mol. The van der Waals surface area contributed by atoms with E-state index in [0.717, 1.165) is 22.9 Å². The summed E-state index contributed by atoms with van der Waals surface area (Å²) in [6.07, 6.45) is 1.58. The molecule has 0 unspecified atom stereocenters. The minimum atomic E-state index is -0.489. The molecule has 3 rings (SSSR count). The second-order valence-electron chi connectivity index (χ2n) is 5.97. The molecule has 27 heavy (non-hydrogen) atoms. The van der Waals surface area contributed by atoms with Crippen LogP contribution >= 0.6 is 24.0 Å². The van der Waals surface area contributed by atoms with Gasteiger partial charge in [0.2, 0.25) is 0 Å². The maximum Gasteiger partial charge on any atom is 0.270 e. The number of hydrogen-bond acceptors (Lipinski definition) is 6. The van der Waals surface area contributed by atoms with E-state index in [1.54, 1.807) is 6.08 Å². The van der Waals surface area contributed by atoms with Gasteiger partial charge < -0.3 is 4.74 Å². The van der Waals surface area contributed by atoms with Crippen molar-refractivity contribution in [1.82, 2.24) is 0 Å². The molecule has 1 saturated heterocycles. The van der Waals surface area contributed by atoms with Crippen LogP contribution in [-0.2, 0) is 4.79 Å². The molecule has 0 aliphatic carbocycles. The molecule has 1 heterocycles. The Bertz CT molecular complexity index is 1000. The Labute approximate surface area is 166 Å². The molecule has 1 aliphatic rings. The fourth-order valence-electron chi connectivity index (χ4n) is 2.64. The van der Waals surface area contributed by atoms with Crippen molar-refractivity contribution in [2.75, 3.05) is 12.0 Å². The summed E-state index contributed by atoms with van der Waals surface area (Å²) in [5, 5.41) is 11.0. The number of methoxy groups -OCH3 is 1. The number of ether oxygens (including phenoxy) is 1. The summed E-state index contributed by atoms with van der Waals surface area (Å²) in [7, 11) is 1.47. The summed E-state index contributed by atoms with van der Waals surface area (Å²) in [6.45, 7) is 3.97. The van der Waals surface area contributed by atoms with E-state index < -0.39 is 4.92 Å². The van der Waals surface area contributed by atoms with E-state index in [4.69, 9.17) is 17.0 Å². The number of carbonyl (C=O) groups is 1. The summed E-state index contributed by atoms with van der Waals surface area (Å²) in [4.78, 5) is 25.3. The predicted octanol–water partition coefficient (Wildman–Crippen LogP) is 4.63. The van der Waals surface area contributed by atoms with Crippen LogP contribution in [0.4, 0.5) is 11.4 Å². The highest BCUT2D eigenvalue weighted by Crippen LogP contribution is 2.38. The Morgan fingerprint density at radius 2 is 1.93 bits per heavy atom. The Kier molecular flexibility index (Phi) is 5.29. The van der Waals surface area contributed by atoms with Crippen LogP contribution in [0.1, 0.15) is 16.7 Å². The molecule has 0 N–H and O–H groups in total. The fourth-order valence-corrected chi connectivity index (χ4v) is 3.93. The standard InChI is InChI=1S/C19H16N2O4S2/c1-11-4-5-14(8-12(11)2)20-18(22)17(27-19(20)26)10-13-9-15(21(23)24)6-7-16(13)25-3/h4-10H,1-3H3. The van der Waals surface area contributed by atoms with E-state index in [2.05, 4.69) is 0 Å². The number of thiocarbonyl (C=S) groups is 1. The molecule has 0 radical (unpaired) electrons. The fraction of sp³-hybridized carbons (Fsp3) is 0.158. The van der Waals surface area contributed by atoms with Gasteiger partial charge in [0.15, 0.2) is 4.32 Å². The average Bonchev–Trinajstić information content (AvgIpc) is 2.91. The minimum absolute atomic E-state index is 0.0771. The number of benzene rings is 2. The number of thioether (sulfide) groups is 1. The highest BCUT2D eigenvalue weighted by atomic mass is 32.2. The maximum atomic E-state index is 12.9. The van der Waals surface area contributed by atoms with E-state index in [-0.39, 0.29) is 11.6 Å². The largest absolute Gasteiger partial charge is 0.496 e. The smallest absolute Gasteiger partial charge is 0.270 e. The Morgan fingerprint density at radius 3 is 2.56 bits per heavy atom. The van der Waals surface area contributed by atoms with Crippen molar-refractivity contribution in [3.05, 3.63) is 68.1 Å². The lowest BCUT2D eigenvalue weighted by molar-refractivity contribution is -0.384. The van der Waals surface area contributed by atoms with Gasteiger partial charge in [-0.3, -0.25) is 19.8 Å². The van der Waals surface area contributed by atoms with Crippen molar-refractivity contribution < 1.29 is 14.5 Å². The first-order valence-electron chi connectivity index (χ1n) is 7.99. The second kappa shape index (κ2) is 7.50. The van der Waals surface area contributed by atoms with Crippen LogP contribution < -0.4 is 9.64 Å². The van der Waals surface area contributed by atoms with Crippen LogP contribution in [0.3, 0.4) is 0 Å². The molecule has 0 atom stereocenters. The van der Waals surface area contributed by atoms with E-state index >= 15 is 0 Å². The van der Waals surface area contributed by atoms with Gasteiger partial charge in [0, 0.05) is 17.7 Å². The Morgan fingerprint density at radius 1 is 1.19 bits per heavy atom. The molecule has 2 aromatic rings. The number of carbonyl (C=O) groups excluding carboxylic acids is 1. The number of hydrogen-bond donors (Lipinski definition) is 0. The van der Waals surface area contributed by atoms with Crippen LogP contribution in [0.5, 0.6) is 5.75 Å². The zero-order valence-electron chi connectivity index (χ0n) is 14.9. The Hall–Kier alpha value is -2.71. The summed E-state index contributed by atoms with van der Waals surface area (Å²) < 4.78 is 5.67. The lowest BCUT2D eigenvalue weighted by Gasteiger charge is -2.16. The van der Waals surface area contributed by atoms with E-state index in [0.29, 0.717) is 26.2 Å². The molecule has 0 saturated carbocycles. The molecule has 0 aromatic heterocycles. The quantitative estimate of drug-likeness (QED) is 0.323. The SMILES string of the molecule is COc1ccc([N+](=O)[O-])cc1C=C1SC(=S)N(c2ccc(C)c(C)c2)C1=O. The number of non-ortho nitro benzene ring substituents is 1. The van der Waals surface area contributed by atoms with Crippen LogP contribution in [0, 0.1) is 24.0 Å². The van der Waals surface area contributed by atoms with Gasteiger partial charge in [-0.25, -0.2) is 0 Å². The zero-order chi connectivity index (χ0) is 19.7. The van der Waals surface area contributed by atoms with Crippen molar-refractivity contribution in [3.8, 4) is 5.75 Å². The number of aryl methyl sites for hydroxylation is 2. The lowest BCUT2D eigenvalue weighted by atomic mass is 10.1. The minimum Gasteiger partial charge on any atom is -0.496 e. The monoisotopic (exact) mass is 400 g/mol. The number of nitrogens with zero attached hydrogens (tertiary/aromatic N) is 2. The van der Waals surface area contributed by atoms with Crippen molar-refractivity contribution in [3.63, 3.8) is 0 Å². The van der Waals surface area contributed by atoms with E-state index in [1.807, 2.05) is 32.0 Å². The number of rotatable bonds is 4. The van der Waals surface area contributed by atoms with Crippen molar-refractivity contribution >= 4 is 51.7 Å². The highest BCUT2D eigenvalue weighted by Gasteiger charge is 2.33. The van der Waals surface area contributed by atoms with Gasteiger partial charge in [0.05, 0.1) is 22.6 Å². The molecule has 8 heteroatoms. The number of nitro benzene ring substituents is 1. The lowest BCUT2D eigenvalue weighted by Crippen LogP contribution is -2.27. The Balaban J connectivity index is 2.00. The van der Waals surface area contributed by atoms with E-state index in [1.165, 1.54) is 30.2 Å². The molecule has 0 bridgehead atoms. The number of anilines is 1. The summed E-state index contributed by atoms with van der Waals surface area (Å²) in [6, 6.07) is 9.95. The normalized spacial score (nSPS) is 15.5.